The summed E-state index contributed by atoms with van der Waals surface area (Å²) in [6.45, 7) is 7.34. The number of nitrogens with zero attached hydrogens (tertiary/aromatic N) is 2. The van der Waals surface area contributed by atoms with E-state index in [1.165, 1.54) is 17.0 Å². The van der Waals surface area contributed by atoms with Gasteiger partial charge in [0.2, 0.25) is 11.8 Å². The molecule has 0 bridgehead atoms. The first-order chi connectivity index (χ1) is 17.3. The zero-order chi connectivity index (χ0) is 27.5. The smallest absolute Gasteiger partial charge is 0.269 e. The van der Waals surface area contributed by atoms with Crippen molar-refractivity contribution in [2.24, 2.45) is 0 Å². The predicted octanol–water partition coefficient (Wildman–Crippen LogP) is 4.64. The van der Waals surface area contributed by atoms with Crippen LogP contribution >= 0.6 is 23.2 Å². The summed E-state index contributed by atoms with van der Waals surface area (Å²) in [5, 5.41) is 3.63. The van der Waals surface area contributed by atoms with Crippen molar-refractivity contribution >= 4 is 50.9 Å². The fraction of sp³-hybridized carbons (Fsp3) is 0.423. The number of sulfonamides is 1. The molecule has 8 nitrogen and oxygen atoms in total. The van der Waals surface area contributed by atoms with Crippen LogP contribution in [-0.2, 0) is 26.2 Å². The van der Waals surface area contributed by atoms with Gasteiger partial charge in [-0.1, -0.05) is 48.3 Å². The molecule has 200 valence electrons. The van der Waals surface area contributed by atoms with Gasteiger partial charge in [0, 0.05) is 25.0 Å². The highest BCUT2D eigenvalue weighted by atomic mass is 35.5. The van der Waals surface area contributed by atoms with Crippen molar-refractivity contribution in [3.05, 3.63) is 63.6 Å². The quantitative estimate of drug-likeness (QED) is 0.475. The number of rotatable bonds is 9. The lowest BCUT2D eigenvalue weighted by Crippen LogP contribution is -2.53. The average Bonchev–Trinajstić information content (AvgIpc) is 3.00. The van der Waals surface area contributed by atoms with E-state index < -0.39 is 27.5 Å². The summed E-state index contributed by atoms with van der Waals surface area (Å²) in [4.78, 5) is 40.7. The van der Waals surface area contributed by atoms with E-state index in [0.717, 1.165) is 4.31 Å². The highest BCUT2D eigenvalue weighted by Crippen LogP contribution is 2.30. The Morgan fingerprint density at radius 1 is 1.08 bits per heavy atom. The summed E-state index contributed by atoms with van der Waals surface area (Å²) in [6, 6.07) is 10.3. The van der Waals surface area contributed by atoms with E-state index in [1.807, 2.05) is 27.7 Å². The summed E-state index contributed by atoms with van der Waals surface area (Å²) in [6.07, 6.45) is 0.409. The van der Waals surface area contributed by atoms with Crippen LogP contribution in [0, 0.1) is 0 Å². The van der Waals surface area contributed by atoms with Crippen molar-refractivity contribution in [3.63, 3.8) is 0 Å². The number of amides is 3. The maximum Gasteiger partial charge on any atom is 0.269 e. The number of benzene rings is 2. The van der Waals surface area contributed by atoms with Crippen molar-refractivity contribution in [2.75, 3.05) is 6.54 Å². The number of hydrogen-bond donors (Lipinski definition) is 1. The number of fused-ring (bicyclic) bond motifs is 1. The third-order valence-electron chi connectivity index (χ3n) is 5.88. The molecule has 1 aliphatic rings. The molecule has 3 rings (SSSR count). The Bertz CT molecular complexity index is 1310. The van der Waals surface area contributed by atoms with E-state index in [-0.39, 0.29) is 48.2 Å². The molecule has 2 aromatic rings. The van der Waals surface area contributed by atoms with Crippen LogP contribution in [0.1, 0.15) is 62.9 Å². The van der Waals surface area contributed by atoms with Crippen molar-refractivity contribution in [3.8, 4) is 0 Å². The molecule has 2 aromatic carbocycles. The molecule has 1 heterocycles. The molecule has 0 aliphatic carbocycles. The minimum absolute atomic E-state index is 0.0301. The summed E-state index contributed by atoms with van der Waals surface area (Å²) in [5.41, 5.74) is 0.319. The van der Waals surface area contributed by atoms with Crippen molar-refractivity contribution in [1.29, 1.82) is 0 Å². The normalized spacial score (nSPS) is 15.3. The highest BCUT2D eigenvalue weighted by Gasteiger charge is 2.40. The maximum absolute atomic E-state index is 13.4. The summed E-state index contributed by atoms with van der Waals surface area (Å²) in [5.74, 6) is -1.24. The van der Waals surface area contributed by atoms with Crippen LogP contribution in [0.15, 0.2) is 47.4 Å². The van der Waals surface area contributed by atoms with E-state index in [4.69, 9.17) is 23.2 Å². The number of halogens is 2. The largest absolute Gasteiger partial charge is 0.350 e. The molecule has 0 aromatic heterocycles. The van der Waals surface area contributed by atoms with Crippen LogP contribution in [-0.4, -0.2) is 53.5 Å². The molecule has 0 fully saturated rings. The minimum Gasteiger partial charge on any atom is -0.350 e. The van der Waals surface area contributed by atoms with Crippen LogP contribution in [0.2, 0.25) is 10.0 Å². The third kappa shape index (κ3) is 6.64. The lowest BCUT2D eigenvalue weighted by molar-refractivity contribution is -0.142. The second kappa shape index (κ2) is 11.4. The SMILES string of the molecule is CCC(C(=O)NC(C)(C)C)N(Cc1ccc(Cl)c(Cl)c1)C(=O)CCCN1C(=O)c2ccccc2S1(=O)=O. The molecule has 1 atom stereocenters. The number of carbonyl (C=O) groups is 3. The molecule has 1 N–H and O–H groups in total. The van der Waals surface area contributed by atoms with Gasteiger partial charge >= 0.3 is 0 Å². The lowest BCUT2D eigenvalue weighted by Gasteiger charge is -2.33. The number of nitrogens with one attached hydrogen (secondary N) is 1. The first-order valence-corrected chi connectivity index (χ1v) is 14.2. The Kier molecular flexibility index (Phi) is 8.93. The van der Waals surface area contributed by atoms with Gasteiger partial charge in [-0.15, -0.1) is 0 Å². The van der Waals surface area contributed by atoms with Gasteiger partial charge in [-0.25, -0.2) is 12.7 Å². The van der Waals surface area contributed by atoms with Gasteiger partial charge < -0.3 is 10.2 Å². The van der Waals surface area contributed by atoms with Gasteiger partial charge in [-0.3, -0.25) is 14.4 Å². The standard InChI is InChI=1S/C26H31Cl2N3O5S/c1-5-21(24(33)29-26(2,3)4)30(16-17-12-13-19(27)20(28)15-17)23(32)11-8-14-31-25(34)18-9-6-7-10-22(18)37(31,35)36/h6-7,9-10,12-13,15,21H,5,8,11,14,16H2,1-4H3,(H,29,33). The van der Waals surface area contributed by atoms with Crippen LogP contribution in [0.25, 0.3) is 0 Å². The lowest BCUT2D eigenvalue weighted by atomic mass is 10.0. The monoisotopic (exact) mass is 567 g/mol. The molecule has 0 spiro atoms. The summed E-state index contributed by atoms with van der Waals surface area (Å²) >= 11 is 12.2. The molecule has 1 unspecified atom stereocenters. The highest BCUT2D eigenvalue weighted by molar-refractivity contribution is 7.90. The summed E-state index contributed by atoms with van der Waals surface area (Å²) < 4.78 is 26.4. The topological polar surface area (TPSA) is 104 Å². The van der Waals surface area contributed by atoms with E-state index >= 15 is 0 Å². The van der Waals surface area contributed by atoms with Crippen LogP contribution in [0.3, 0.4) is 0 Å². The predicted molar refractivity (Wildman–Crippen MR) is 143 cm³/mol. The van der Waals surface area contributed by atoms with Crippen LogP contribution in [0.4, 0.5) is 0 Å². The Hall–Kier alpha value is -2.62. The minimum atomic E-state index is -3.96. The Morgan fingerprint density at radius 2 is 1.76 bits per heavy atom. The first-order valence-electron chi connectivity index (χ1n) is 12.0. The molecule has 37 heavy (non-hydrogen) atoms. The van der Waals surface area contributed by atoms with Crippen LogP contribution in [0.5, 0.6) is 0 Å². The van der Waals surface area contributed by atoms with Crippen molar-refractivity contribution in [2.45, 2.75) is 70.0 Å². The Labute approximate surface area is 228 Å². The van der Waals surface area contributed by atoms with Gasteiger partial charge in [0.05, 0.1) is 15.6 Å². The molecule has 11 heteroatoms. The van der Waals surface area contributed by atoms with Gasteiger partial charge in [0.15, 0.2) is 0 Å². The number of hydrogen-bond acceptors (Lipinski definition) is 5. The van der Waals surface area contributed by atoms with Gasteiger partial charge in [-0.05, 0) is 63.4 Å². The van der Waals surface area contributed by atoms with Gasteiger partial charge in [-0.2, -0.15) is 0 Å². The maximum atomic E-state index is 13.4. The second-order valence-electron chi connectivity index (χ2n) is 9.92. The molecule has 1 aliphatic heterocycles. The molecule has 0 saturated heterocycles. The first kappa shape index (κ1) is 28.9. The van der Waals surface area contributed by atoms with Gasteiger partial charge in [0.1, 0.15) is 10.9 Å². The molecule has 0 radical (unpaired) electrons. The fourth-order valence-electron chi connectivity index (χ4n) is 4.18. The molecular formula is C26H31Cl2N3O5S. The zero-order valence-corrected chi connectivity index (χ0v) is 23.6. The van der Waals surface area contributed by atoms with Crippen molar-refractivity contribution < 1.29 is 22.8 Å². The zero-order valence-electron chi connectivity index (χ0n) is 21.3. The van der Waals surface area contributed by atoms with Crippen LogP contribution < -0.4 is 5.32 Å². The van der Waals surface area contributed by atoms with E-state index in [2.05, 4.69) is 5.32 Å². The fourth-order valence-corrected chi connectivity index (χ4v) is 6.10. The van der Waals surface area contributed by atoms with E-state index in [1.54, 1.807) is 30.3 Å². The van der Waals surface area contributed by atoms with E-state index in [9.17, 15) is 22.8 Å². The second-order valence-corrected chi connectivity index (χ2v) is 12.6. The third-order valence-corrected chi connectivity index (χ3v) is 8.46. The number of carbonyl (C=O) groups excluding carboxylic acids is 3. The Balaban J connectivity index is 1.78. The average molecular weight is 569 g/mol. The molecule has 0 saturated carbocycles. The molecular weight excluding hydrogens is 537 g/mol. The van der Waals surface area contributed by atoms with Crippen molar-refractivity contribution in [1.82, 2.24) is 14.5 Å². The summed E-state index contributed by atoms with van der Waals surface area (Å²) in [7, 11) is -3.96. The Morgan fingerprint density at radius 3 is 2.35 bits per heavy atom. The molecule has 3 amide bonds. The van der Waals surface area contributed by atoms with E-state index in [0.29, 0.717) is 22.0 Å². The van der Waals surface area contributed by atoms with Gasteiger partial charge in [0.25, 0.3) is 15.9 Å².